The monoisotopic (exact) mass is 274 g/mol. The van der Waals surface area contributed by atoms with Crippen molar-refractivity contribution in [2.45, 2.75) is 25.6 Å². The fraction of sp³-hybridized carbons (Fsp3) is 0.294. The zero-order chi connectivity index (χ0) is 13.8. The Bertz CT molecular complexity index is 563. The van der Waals surface area contributed by atoms with Crippen LogP contribution in [0.2, 0.25) is 0 Å². The number of ether oxygens (including phenoxy) is 1. The molecular weight excluding hydrogens is 256 g/mol. The fourth-order valence-corrected chi connectivity index (χ4v) is 2.51. The summed E-state index contributed by atoms with van der Waals surface area (Å²) in [4.78, 5) is 0. The molecule has 0 saturated carbocycles. The lowest BCUT2D eigenvalue weighted by Gasteiger charge is -2.13. The highest BCUT2D eigenvalue weighted by molar-refractivity contribution is 6.20. The van der Waals surface area contributed by atoms with E-state index in [1.165, 1.54) is 11.1 Å². The minimum Gasteiger partial charge on any atom is -0.496 e. The van der Waals surface area contributed by atoms with Gasteiger partial charge in [0.15, 0.2) is 0 Å². The first-order valence-electron chi connectivity index (χ1n) is 6.44. The van der Waals surface area contributed by atoms with Crippen LogP contribution in [0.3, 0.4) is 0 Å². The van der Waals surface area contributed by atoms with Gasteiger partial charge < -0.3 is 4.74 Å². The van der Waals surface area contributed by atoms with E-state index in [1.54, 1.807) is 7.11 Å². The molecule has 0 N–H and O–H groups in total. The van der Waals surface area contributed by atoms with Crippen LogP contribution in [0, 0.1) is 13.8 Å². The number of rotatable bonds is 4. The third kappa shape index (κ3) is 3.51. The highest BCUT2D eigenvalue weighted by atomic mass is 35.5. The fourth-order valence-electron chi connectivity index (χ4n) is 2.20. The Morgan fingerprint density at radius 2 is 1.89 bits per heavy atom. The van der Waals surface area contributed by atoms with E-state index < -0.39 is 0 Å². The summed E-state index contributed by atoms with van der Waals surface area (Å²) >= 11 is 6.52. The Kier molecular flexibility index (Phi) is 4.49. The van der Waals surface area contributed by atoms with Gasteiger partial charge in [0, 0.05) is 0 Å². The van der Waals surface area contributed by atoms with Crippen molar-refractivity contribution in [3.63, 3.8) is 0 Å². The molecule has 0 radical (unpaired) electrons. The van der Waals surface area contributed by atoms with Crippen molar-refractivity contribution in [3.05, 3.63) is 64.7 Å². The van der Waals surface area contributed by atoms with Crippen molar-refractivity contribution in [3.8, 4) is 5.75 Å². The highest BCUT2D eigenvalue weighted by Gasteiger charge is 2.11. The molecule has 0 amide bonds. The maximum Gasteiger partial charge on any atom is 0.122 e. The molecule has 0 bridgehead atoms. The third-order valence-corrected chi connectivity index (χ3v) is 3.70. The van der Waals surface area contributed by atoms with Crippen LogP contribution >= 0.6 is 11.6 Å². The van der Waals surface area contributed by atoms with Gasteiger partial charge in [0.25, 0.3) is 0 Å². The summed E-state index contributed by atoms with van der Waals surface area (Å²) in [5, 5.41) is -0.0312. The molecule has 2 aromatic rings. The molecule has 2 heteroatoms. The SMILES string of the molecule is COc1cc(C(Cl)Cc2cccc(C)c2)ccc1C. The van der Waals surface area contributed by atoms with Gasteiger partial charge in [-0.2, -0.15) is 0 Å². The number of hydrogen-bond acceptors (Lipinski definition) is 1. The van der Waals surface area contributed by atoms with Crippen molar-refractivity contribution in [2.75, 3.05) is 7.11 Å². The van der Waals surface area contributed by atoms with Crippen LogP contribution in [-0.2, 0) is 6.42 Å². The second kappa shape index (κ2) is 6.12. The largest absolute Gasteiger partial charge is 0.496 e. The number of benzene rings is 2. The van der Waals surface area contributed by atoms with E-state index in [1.807, 2.05) is 13.0 Å². The Labute approximate surface area is 120 Å². The number of aryl methyl sites for hydroxylation is 2. The van der Waals surface area contributed by atoms with Crippen LogP contribution in [0.5, 0.6) is 5.75 Å². The summed E-state index contributed by atoms with van der Waals surface area (Å²) in [5.41, 5.74) is 4.76. The number of halogens is 1. The quantitative estimate of drug-likeness (QED) is 0.725. The molecule has 2 aromatic carbocycles. The van der Waals surface area contributed by atoms with Crippen molar-refractivity contribution < 1.29 is 4.74 Å². The Morgan fingerprint density at radius 3 is 2.58 bits per heavy atom. The molecule has 0 aliphatic heterocycles. The first kappa shape index (κ1) is 14.0. The summed E-state index contributed by atoms with van der Waals surface area (Å²) < 4.78 is 5.35. The predicted octanol–water partition coefficient (Wildman–Crippen LogP) is 4.83. The van der Waals surface area contributed by atoms with Gasteiger partial charge >= 0.3 is 0 Å². The van der Waals surface area contributed by atoms with Crippen molar-refractivity contribution in [2.24, 2.45) is 0 Å². The van der Waals surface area contributed by atoms with E-state index in [2.05, 4.69) is 43.3 Å². The van der Waals surface area contributed by atoms with Gasteiger partial charge in [0.2, 0.25) is 0 Å². The minimum absolute atomic E-state index is 0.0312. The van der Waals surface area contributed by atoms with E-state index in [0.717, 1.165) is 23.3 Å². The highest BCUT2D eigenvalue weighted by Crippen LogP contribution is 2.29. The van der Waals surface area contributed by atoms with Crippen LogP contribution < -0.4 is 4.74 Å². The van der Waals surface area contributed by atoms with Gasteiger partial charge in [-0.1, -0.05) is 42.0 Å². The molecule has 1 nitrogen and oxygen atoms in total. The van der Waals surface area contributed by atoms with Gasteiger partial charge in [0.1, 0.15) is 5.75 Å². The lowest BCUT2D eigenvalue weighted by Crippen LogP contribution is -1.98. The third-order valence-electron chi connectivity index (χ3n) is 3.29. The van der Waals surface area contributed by atoms with E-state index in [-0.39, 0.29) is 5.38 Å². The summed E-state index contributed by atoms with van der Waals surface area (Å²) in [5.74, 6) is 0.896. The first-order valence-corrected chi connectivity index (χ1v) is 6.88. The van der Waals surface area contributed by atoms with Crippen molar-refractivity contribution in [1.29, 1.82) is 0 Å². The molecular formula is C17H19ClO. The average Bonchev–Trinajstić information content (AvgIpc) is 2.39. The molecule has 0 fully saturated rings. The van der Waals surface area contributed by atoms with Gasteiger partial charge in [-0.05, 0) is 43.0 Å². The van der Waals surface area contributed by atoms with Crippen LogP contribution in [0.25, 0.3) is 0 Å². The molecule has 2 rings (SSSR count). The van der Waals surface area contributed by atoms with E-state index in [4.69, 9.17) is 16.3 Å². The van der Waals surface area contributed by atoms with Gasteiger partial charge in [-0.25, -0.2) is 0 Å². The van der Waals surface area contributed by atoms with Crippen molar-refractivity contribution in [1.82, 2.24) is 0 Å². The smallest absolute Gasteiger partial charge is 0.122 e. The molecule has 19 heavy (non-hydrogen) atoms. The molecule has 1 unspecified atom stereocenters. The number of hydrogen-bond donors (Lipinski definition) is 0. The van der Waals surface area contributed by atoms with Gasteiger partial charge in [0.05, 0.1) is 12.5 Å². The molecule has 0 spiro atoms. The van der Waals surface area contributed by atoms with E-state index in [0.29, 0.717) is 0 Å². The molecule has 100 valence electrons. The molecule has 0 aliphatic rings. The second-order valence-electron chi connectivity index (χ2n) is 4.89. The topological polar surface area (TPSA) is 9.23 Å². The van der Waals surface area contributed by atoms with Crippen molar-refractivity contribution >= 4 is 11.6 Å². The molecule has 0 aliphatic carbocycles. The predicted molar refractivity (Wildman–Crippen MR) is 81.2 cm³/mol. The standard InChI is InChI=1S/C17H19ClO/c1-12-5-4-6-14(9-12)10-16(18)15-8-7-13(2)17(11-15)19-3/h4-9,11,16H,10H2,1-3H3. The zero-order valence-electron chi connectivity index (χ0n) is 11.6. The normalized spacial score (nSPS) is 12.2. The van der Waals surface area contributed by atoms with E-state index in [9.17, 15) is 0 Å². The summed E-state index contributed by atoms with van der Waals surface area (Å²) in [6.07, 6.45) is 0.829. The Balaban J connectivity index is 2.18. The minimum atomic E-state index is -0.0312. The number of alkyl halides is 1. The second-order valence-corrected chi connectivity index (χ2v) is 5.42. The van der Waals surface area contributed by atoms with Crippen LogP contribution in [0.4, 0.5) is 0 Å². The van der Waals surface area contributed by atoms with Gasteiger partial charge in [-0.15, -0.1) is 11.6 Å². The first-order chi connectivity index (χ1) is 9.10. The maximum absolute atomic E-state index is 6.52. The Hall–Kier alpha value is -1.47. The van der Waals surface area contributed by atoms with Crippen LogP contribution in [0.15, 0.2) is 42.5 Å². The summed E-state index contributed by atoms with van der Waals surface area (Å²) in [6, 6.07) is 14.6. The Morgan fingerprint density at radius 1 is 1.11 bits per heavy atom. The molecule has 0 aromatic heterocycles. The van der Waals surface area contributed by atoms with Crippen LogP contribution in [0.1, 0.15) is 27.6 Å². The lowest BCUT2D eigenvalue weighted by atomic mass is 10.0. The molecule has 0 saturated heterocycles. The average molecular weight is 275 g/mol. The maximum atomic E-state index is 6.52. The number of methoxy groups -OCH3 is 1. The molecule has 1 atom stereocenters. The van der Waals surface area contributed by atoms with E-state index >= 15 is 0 Å². The zero-order valence-corrected chi connectivity index (χ0v) is 12.4. The summed E-state index contributed by atoms with van der Waals surface area (Å²) in [7, 11) is 1.69. The van der Waals surface area contributed by atoms with Crippen LogP contribution in [-0.4, -0.2) is 7.11 Å². The summed E-state index contributed by atoms with van der Waals surface area (Å²) in [6.45, 7) is 4.13. The van der Waals surface area contributed by atoms with Gasteiger partial charge in [-0.3, -0.25) is 0 Å². The lowest BCUT2D eigenvalue weighted by molar-refractivity contribution is 0.411. The molecule has 0 heterocycles.